The fourth-order valence-corrected chi connectivity index (χ4v) is 3.72. The molecule has 7 heteroatoms. The number of anilines is 1. The molecule has 0 amide bonds. The number of benzene rings is 1. The van der Waals surface area contributed by atoms with E-state index in [9.17, 15) is 4.79 Å². The SMILES string of the molecule is COc1ccccc1N1CCN(Cc2nc(CC(=O)O)cs2)CC1. The van der Waals surface area contributed by atoms with Crippen molar-refractivity contribution in [3.05, 3.63) is 40.3 Å². The van der Waals surface area contributed by atoms with Gasteiger partial charge in [0.25, 0.3) is 0 Å². The summed E-state index contributed by atoms with van der Waals surface area (Å²) in [7, 11) is 1.70. The van der Waals surface area contributed by atoms with Crippen LogP contribution in [-0.4, -0.2) is 54.2 Å². The molecule has 3 rings (SSSR count). The summed E-state index contributed by atoms with van der Waals surface area (Å²) in [6.07, 6.45) is -0.00191. The van der Waals surface area contributed by atoms with E-state index in [0.717, 1.165) is 49.2 Å². The molecule has 6 nitrogen and oxygen atoms in total. The summed E-state index contributed by atoms with van der Waals surface area (Å²) >= 11 is 1.54. The third kappa shape index (κ3) is 4.04. The molecule has 128 valence electrons. The van der Waals surface area contributed by atoms with Gasteiger partial charge in [-0.05, 0) is 12.1 Å². The number of piperazine rings is 1. The van der Waals surface area contributed by atoms with Gasteiger partial charge in [-0.3, -0.25) is 9.69 Å². The number of hydrogen-bond acceptors (Lipinski definition) is 6. The van der Waals surface area contributed by atoms with Gasteiger partial charge < -0.3 is 14.7 Å². The topological polar surface area (TPSA) is 65.9 Å². The Hall–Kier alpha value is -2.12. The van der Waals surface area contributed by atoms with Crippen LogP contribution in [0.2, 0.25) is 0 Å². The van der Waals surface area contributed by atoms with E-state index in [2.05, 4.69) is 20.9 Å². The quantitative estimate of drug-likeness (QED) is 0.863. The number of para-hydroxylation sites is 2. The van der Waals surface area contributed by atoms with Crippen LogP contribution in [0.3, 0.4) is 0 Å². The molecule has 1 aromatic heterocycles. The lowest BCUT2D eigenvalue weighted by Crippen LogP contribution is -2.46. The fraction of sp³-hybridized carbons (Fsp3) is 0.412. The smallest absolute Gasteiger partial charge is 0.309 e. The Balaban J connectivity index is 1.55. The van der Waals surface area contributed by atoms with Crippen molar-refractivity contribution < 1.29 is 14.6 Å². The van der Waals surface area contributed by atoms with Gasteiger partial charge in [0.15, 0.2) is 0 Å². The van der Waals surface area contributed by atoms with Crippen LogP contribution >= 0.6 is 11.3 Å². The summed E-state index contributed by atoms with van der Waals surface area (Å²) in [5.74, 6) is 0.0708. The molecule has 1 aliphatic rings. The van der Waals surface area contributed by atoms with Crippen molar-refractivity contribution in [2.45, 2.75) is 13.0 Å². The highest BCUT2D eigenvalue weighted by molar-refractivity contribution is 7.09. The number of methoxy groups -OCH3 is 1. The van der Waals surface area contributed by atoms with Crippen molar-refractivity contribution in [1.29, 1.82) is 0 Å². The Labute approximate surface area is 145 Å². The van der Waals surface area contributed by atoms with E-state index in [1.165, 1.54) is 11.3 Å². The maximum Gasteiger partial charge on any atom is 0.309 e. The Morgan fingerprint density at radius 1 is 1.29 bits per heavy atom. The van der Waals surface area contributed by atoms with Gasteiger partial charge in [0, 0.05) is 31.6 Å². The standard InChI is InChI=1S/C17H21N3O3S/c1-23-15-5-3-2-4-14(15)20-8-6-19(7-9-20)11-16-18-13(12-24-16)10-17(21)22/h2-5,12H,6-11H2,1H3,(H,21,22). The molecular formula is C17H21N3O3S. The number of carboxylic acids is 1. The molecule has 0 unspecified atom stereocenters. The maximum atomic E-state index is 10.7. The molecule has 1 aliphatic heterocycles. The van der Waals surface area contributed by atoms with Crippen molar-refractivity contribution in [1.82, 2.24) is 9.88 Å². The van der Waals surface area contributed by atoms with Gasteiger partial charge in [0.2, 0.25) is 0 Å². The zero-order valence-electron chi connectivity index (χ0n) is 13.6. The second-order valence-electron chi connectivity index (χ2n) is 5.74. The fourth-order valence-electron chi connectivity index (χ4n) is 2.89. The van der Waals surface area contributed by atoms with Crippen molar-refractivity contribution in [3.8, 4) is 5.75 Å². The first-order valence-electron chi connectivity index (χ1n) is 7.91. The summed E-state index contributed by atoms with van der Waals surface area (Å²) in [6.45, 7) is 4.56. The van der Waals surface area contributed by atoms with Crippen LogP contribution in [0, 0.1) is 0 Å². The third-order valence-corrected chi connectivity index (χ3v) is 4.97. The van der Waals surface area contributed by atoms with Crippen LogP contribution in [0.25, 0.3) is 0 Å². The lowest BCUT2D eigenvalue weighted by molar-refractivity contribution is -0.136. The number of thiazole rings is 1. The second kappa shape index (κ2) is 7.63. The highest BCUT2D eigenvalue weighted by atomic mass is 32.1. The third-order valence-electron chi connectivity index (χ3n) is 4.09. The lowest BCUT2D eigenvalue weighted by atomic mass is 10.2. The van der Waals surface area contributed by atoms with Crippen LogP contribution in [0.5, 0.6) is 5.75 Å². The first kappa shape index (κ1) is 16.7. The van der Waals surface area contributed by atoms with Gasteiger partial charge in [-0.1, -0.05) is 12.1 Å². The number of carboxylic acid groups (broad SMARTS) is 1. The van der Waals surface area contributed by atoms with E-state index in [0.29, 0.717) is 5.69 Å². The van der Waals surface area contributed by atoms with E-state index >= 15 is 0 Å². The predicted octanol–water partition coefficient (Wildman–Crippen LogP) is 2.10. The van der Waals surface area contributed by atoms with Crippen molar-refractivity contribution in [2.75, 3.05) is 38.2 Å². The van der Waals surface area contributed by atoms with E-state index in [4.69, 9.17) is 9.84 Å². The summed E-state index contributed by atoms with van der Waals surface area (Å²) in [5.41, 5.74) is 1.79. The maximum absolute atomic E-state index is 10.7. The average Bonchev–Trinajstić information content (AvgIpc) is 3.01. The molecule has 0 aliphatic carbocycles. The normalized spacial score (nSPS) is 15.5. The minimum atomic E-state index is -0.836. The van der Waals surface area contributed by atoms with Crippen LogP contribution in [-0.2, 0) is 17.8 Å². The molecule has 1 N–H and O–H groups in total. The van der Waals surface area contributed by atoms with Gasteiger partial charge >= 0.3 is 5.97 Å². The molecule has 0 bridgehead atoms. The zero-order valence-corrected chi connectivity index (χ0v) is 14.5. The summed E-state index contributed by atoms with van der Waals surface area (Å²) in [6, 6.07) is 8.09. The Bertz CT molecular complexity index is 696. The number of carbonyl (C=O) groups is 1. The van der Waals surface area contributed by atoms with E-state index in [1.807, 2.05) is 23.6 Å². The molecule has 0 saturated carbocycles. The molecule has 1 fully saturated rings. The predicted molar refractivity (Wildman–Crippen MR) is 93.9 cm³/mol. The largest absolute Gasteiger partial charge is 0.495 e. The molecule has 24 heavy (non-hydrogen) atoms. The van der Waals surface area contributed by atoms with Crippen LogP contribution in [0.1, 0.15) is 10.7 Å². The number of rotatable bonds is 6. The lowest BCUT2D eigenvalue weighted by Gasteiger charge is -2.36. The molecule has 0 atom stereocenters. The molecule has 2 heterocycles. The molecular weight excluding hydrogens is 326 g/mol. The number of nitrogens with zero attached hydrogens (tertiary/aromatic N) is 3. The van der Waals surface area contributed by atoms with Crippen molar-refractivity contribution >= 4 is 23.0 Å². The number of hydrogen-bond donors (Lipinski definition) is 1. The zero-order chi connectivity index (χ0) is 16.9. The van der Waals surface area contributed by atoms with Crippen molar-refractivity contribution in [3.63, 3.8) is 0 Å². The minimum Gasteiger partial charge on any atom is -0.495 e. The van der Waals surface area contributed by atoms with Gasteiger partial charge in [-0.25, -0.2) is 4.98 Å². The molecule has 0 spiro atoms. The monoisotopic (exact) mass is 347 g/mol. The van der Waals surface area contributed by atoms with Crippen LogP contribution < -0.4 is 9.64 Å². The van der Waals surface area contributed by atoms with Crippen LogP contribution in [0.15, 0.2) is 29.6 Å². The Kier molecular flexibility index (Phi) is 5.32. The summed E-state index contributed by atoms with van der Waals surface area (Å²) in [4.78, 5) is 19.8. The van der Waals surface area contributed by atoms with E-state index in [1.54, 1.807) is 7.11 Å². The molecule has 2 aromatic rings. The highest BCUT2D eigenvalue weighted by Crippen LogP contribution is 2.28. The van der Waals surface area contributed by atoms with Gasteiger partial charge in [-0.2, -0.15) is 0 Å². The number of aliphatic carboxylic acids is 1. The molecule has 1 saturated heterocycles. The molecule has 0 radical (unpaired) electrons. The average molecular weight is 347 g/mol. The second-order valence-corrected chi connectivity index (χ2v) is 6.68. The first-order chi connectivity index (χ1) is 11.7. The molecule has 1 aromatic carbocycles. The summed E-state index contributed by atoms with van der Waals surface area (Å²) in [5, 5.41) is 11.6. The Morgan fingerprint density at radius 3 is 2.75 bits per heavy atom. The van der Waals surface area contributed by atoms with Gasteiger partial charge in [-0.15, -0.1) is 11.3 Å². The van der Waals surface area contributed by atoms with Crippen LogP contribution in [0.4, 0.5) is 5.69 Å². The Morgan fingerprint density at radius 2 is 2.04 bits per heavy atom. The van der Waals surface area contributed by atoms with Gasteiger partial charge in [0.05, 0.1) is 31.5 Å². The first-order valence-corrected chi connectivity index (χ1v) is 8.79. The van der Waals surface area contributed by atoms with E-state index < -0.39 is 5.97 Å². The summed E-state index contributed by atoms with van der Waals surface area (Å²) < 4.78 is 5.44. The highest BCUT2D eigenvalue weighted by Gasteiger charge is 2.20. The number of ether oxygens (including phenoxy) is 1. The number of aromatic nitrogens is 1. The van der Waals surface area contributed by atoms with Gasteiger partial charge in [0.1, 0.15) is 10.8 Å². The minimum absolute atomic E-state index is 0.00191. The van der Waals surface area contributed by atoms with Crippen molar-refractivity contribution in [2.24, 2.45) is 0 Å². The van der Waals surface area contributed by atoms with E-state index in [-0.39, 0.29) is 6.42 Å².